The van der Waals surface area contributed by atoms with Crippen molar-refractivity contribution < 1.29 is 9.53 Å². The van der Waals surface area contributed by atoms with Crippen molar-refractivity contribution in [3.8, 4) is 11.3 Å². The Balaban J connectivity index is 1.51. The average molecular weight is 364 g/mol. The highest BCUT2D eigenvalue weighted by atomic mass is 16.5. The Morgan fingerprint density at radius 1 is 1.19 bits per heavy atom. The van der Waals surface area contributed by atoms with Crippen LogP contribution in [-0.2, 0) is 16.1 Å². The van der Waals surface area contributed by atoms with Gasteiger partial charge in [0.15, 0.2) is 0 Å². The van der Waals surface area contributed by atoms with E-state index in [-0.39, 0.29) is 11.4 Å². The lowest BCUT2D eigenvalue weighted by Crippen LogP contribution is -2.43. The van der Waals surface area contributed by atoms with Crippen molar-refractivity contribution in [1.82, 2.24) is 9.88 Å². The first kappa shape index (κ1) is 18.2. The van der Waals surface area contributed by atoms with Crippen LogP contribution in [-0.4, -0.2) is 34.5 Å². The molecule has 4 nitrogen and oxygen atoms in total. The van der Waals surface area contributed by atoms with E-state index < -0.39 is 0 Å². The maximum absolute atomic E-state index is 12.7. The second-order valence-electron chi connectivity index (χ2n) is 7.77. The number of hydrogen-bond donors (Lipinski definition) is 0. The van der Waals surface area contributed by atoms with Gasteiger partial charge in [0.1, 0.15) is 0 Å². The minimum atomic E-state index is -0.313. The second-order valence-corrected chi connectivity index (χ2v) is 7.77. The lowest BCUT2D eigenvalue weighted by Gasteiger charge is -2.34. The van der Waals surface area contributed by atoms with E-state index in [9.17, 15) is 4.79 Å². The smallest absolute Gasteiger partial charge is 0.313 e. The van der Waals surface area contributed by atoms with Crippen LogP contribution < -0.4 is 0 Å². The Morgan fingerprint density at radius 2 is 2.00 bits per heavy atom. The van der Waals surface area contributed by atoms with Gasteiger partial charge in [0, 0.05) is 30.4 Å². The highest BCUT2D eigenvalue weighted by Gasteiger charge is 2.59. The summed E-state index contributed by atoms with van der Waals surface area (Å²) in [4.78, 5) is 19.7. The zero-order valence-corrected chi connectivity index (χ0v) is 16.2. The van der Waals surface area contributed by atoms with E-state index in [0.29, 0.717) is 18.7 Å². The molecule has 142 valence electrons. The molecule has 4 rings (SSSR count). The summed E-state index contributed by atoms with van der Waals surface area (Å²) in [5.74, 6) is 0.00944. The number of hydrogen-bond acceptors (Lipinski definition) is 4. The predicted octanol–water partition coefficient (Wildman–Crippen LogP) is 4.44. The molecule has 0 unspecified atom stereocenters. The standard InChI is InChI=1S/C23H28N2O2/c1-3-23(22(26)27-4-2)15-19-12-13-21(23)25(19)16-17-8-10-18(11-9-17)20-7-5-6-14-24-20/h5-11,14,19,21H,3-4,12-13,15-16H2,1-2H3/t19-,21+,23+/m0/s1. The van der Waals surface area contributed by atoms with Gasteiger partial charge in [-0.3, -0.25) is 14.7 Å². The third kappa shape index (κ3) is 3.16. The van der Waals surface area contributed by atoms with Gasteiger partial charge in [0.25, 0.3) is 0 Å². The van der Waals surface area contributed by atoms with Gasteiger partial charge >= 0.3 is 5.97 Å². The molecule has 2 aromatic rings. The van der Waals surface area contributed by atoms with Crippen molar-refractivity contribution in [2.45, 2.75) is 58.2 Å². The molecule has 27 heavy (non-hydrogen) atoms. The van der Waals surface area contributed by atoms with Crippen LogP contribution in [0.4, 0.5) is 0 Å². The van der Waals surface area contributed by atoms with Gasteiger partial charge in [-0.15, -0.1) is 0 Å². The van der Waals surface area contributed by atoms with E-state index in [1.807, 2.05) is 31.3 Å². The Morgan fingerprint density at radius 3 is 2.67 bits per heavy atom. The van der Waals surface area contributed by atoms with Crippen LogP contribution in [0.15, 0.2) is 48.7 Å². The third-order valence-electron chi connectivity index (χ3n) is 6.47. The summed E-state index contributed by atoms with van der Waals surface area (Å²) in [6.07, 6.45) is 5.92. The predicted molar refractivity (Wildman–Crippen MR) is 106 cm³/mol. The van der Waals surface area contributed by atoms with E-state index in [4.69, 9.17) is 4.74 Å². The van der Waals surface area contributed by atoms with Crippen molar-refractivity contribution in [2.75, 3.05) is 6.61 Å². The summed E-state index contributed by atoms with van der Waals surface area (Å²) in [5.41, 5.74) is 3.12. The first-order valence-electron chi connectivity index (χ1n) is 10.1. The van der Waals surface area contributed by atoms with Crippen molar-refractivity contribution >= 4 is 5.97 Å². The number of ether oxygens (including phenoxy) is 1. The first-order chi connectivity index (χ1) is 13.2. The number of rotatable bonds is 6. The van der Waals surface area contributed by atoms with E-state index in [1.165, 1.54) is 12.0 Å². The third-order valence-corrected chi connectivity index (χ3v) is 6.47. The molecule has 2 fully saturated rings. The molecule has 0 spiro atoms. The fraction of sp³-hybridized carbons (Fsp3) is 0.478. The van der Waals surface area contributed by atoms with Crippen LogP contribution in [0, 0.1) is 5.41 Å². The summed E-state index contributed by atoms with van der Waals surface area (Å²) in [5, 5.41) is 0. The molecule has 3 atom stereocenters. The average Bonchev–Trinajstić information content (AvgIpc) is 3.24. The van der Waals surface area contributed by atoms with E-state index in [0.717, 1.165) is 37.1 Å². The summed E-state index contributed by atoms with van der Waals surface area (Å²) in [6, 6.07) is 15.5. The quantitative estimate of drug-likeness (QED) is 0.711. The van der Waals surface area contributed by atoms with Crippen LogP contribution in [0.2, 0.25) is 0 Å². The number of carbonyl (C=O) groups is 1. The second kappa shape index (κ2) is 7.43. The van der Waals surface area contributed by atoms with Gasteiger partial charge in [-0.25, -0.2) is 0 Å². The SMILES string of the molecule is CCOC(=O)[C@]1(CC)C[C@@H]2CC[C@H]1N2Cc1ccc(-c2ccccn2)cc1. The fourth-order valence-corrected chi connectivity index (χ4v) is 5.09. The van der Waals surface area contributed by atoms with Crippen LogP contribution in [0.25, 0.3) is 11.3 Å². The summed E-state index contributed by atoms with van der Waals surface area (Å²) in [6.45, 7) is 5.40. The molecule has 0 aliphatic carbocycles. The van der Waals surface area contributed by atoms with Gasteiger partial charge in [-0.2, -0.15) is 0 Å². The number of nitrogens with zero attached hydrogens (tertiary/aromatic N) is 2. The molecule has 2 aliphatic rings. The van der Waals surface area contributed by atoms with Gasteiger partial charge in [0.2, 0.25) is 0 Å². The Hall–Kier alpha value is -2.20. The molecular weight excluding hydrogens is 336 g/mol. The Kier molecular flexibility index (Phi) is 5.00. The maximum atomic E-state index is 12.7. The zero-order chi connectivity index (χ0) is 18.9. The number of benzene rings is 1. The molecule has 4 heteroatoms. The van der Waals surface area contributed by atoms with Crippen LogP contribution >= 0.6 is 0 Å². The first-order valence-corrected chi connectivity index (χ1v) is 10.1. The molecule has 2 aliphatic heterocycles. The molecule has 1 aromatic carbocycles. The fourth-order valence-electron chi connectivity index (χ4n) is 5.09. The minimum absolute atomic E-state index is 0.00944. The number of fused-ring (bicyclic) bond motifs is 2. The lowest BCUT2D eigenvalue weighted by atomic mass is 9.72. The maximum Gasteiger partial charge on any atom is 0.313 e. The monoisotopic (exact) mass is 364 g/mol. The van der Waals surface area contributed by atoms with Crippen molar-refractivity contribution in [3.05, 3.63) is 54.2 Å². The van der Waals surface area contributed by atoms with Crippen LogP contribution in [0.3, 0.4) is 0 Å². The normalized spacial score (nSPS) is 27.0. The molecule has 0 saturated carbocycles. The van der Waals surface area contributed by atoms with Gasteiger partial charge in [-0.1, -0.05) is 37.3 Å². The topological polar surface area (TPSA) is 42.4 Å². The number of carbonyl (C=O) groups excluding carboxylic acids is 1. The summed E-state index contributed by atoms with van der Waals surface area (Å²) >= 11 is 0. The van der Waals surface area contributed by atoms with Crippen LogP contribution in [0.5, 0.6) is 0 Å². The minimum Gasteiger partial charge on any atom is -0.466 e. The van der Waals surface area contributed by atoms with E-state index in [2.05, 4.69) is 41.1 Å². The molecular formula is C23H28N2O2. The largest absolute Gasteiger partial charge is 0.466 e. The van der Waals surface area contributed by atoms with Crippen molar-refractivity contribution in [1.29, 1.82) is 0 Å². The molecule has 0 amide bonds. The van der Waals surface area contributed by atoms with Gasteiger partial charge in [-0.05, 0) is 50.3 Å². The van der Waals surface area contributed by atoms with Gasteiger partial charge < -0.3 is 4.74 Å². The van der Waals surface area contributed by atoms with E-state index in [1.54, 1.807) is 0 Å². The Labute approximate surface area is 161 Å². The van der Waals surface area contributed by atoms with Crippen LogP contribution in [0.1, 0.15) is 45.1 Å². The number of pyridine rings is 1. The molecule has 0 N–H and O–H groups in total. The molecule has 1 aromatic heterocycles. The number of esters is 1. The Bertz CT molecular complexity index is 790. The summed E-state index contributed by atoms with van der Waals surface area (Å²) < 4.78 is 5.46. The summed E-state index contributed by atoms with van der Waals surface area (Å²) in [7, 11) is 0. The highest BCUT2D eigenvalue weighted by Crippen LogP contribution is 2.52. The van der Waals surface area contributed by atoms with E-state index >= 15 is 0 Å². The molecule has 2 bridgehead atoms. The highest BCUT2D eigenvalue weighted by molar-refractivity contribution is 5.78. The zero-order valence-electron chi connectivity index (χ0n) is 16.2. The molecule has 3 heterocycles. The molecule has 2 saturated heterocycles. The van der Waals surface area contributed by atoms with Crippen molar-refractivity contribution in [3.63, 3.8) is 0 Å². The molecule has 0 radical (unpaired) electrons. The lowest BCUT2D eigenvalue weighted by molar-refractivity contribution is -0.157. The van der Waals surface area contributed by atoms with Crippen molar-refractivity contribution in [2.24, 2.45) is 5.41 Å². The van der Waals surface area contributed by atoms with Gasteiger partial charge in [0.05, 0.1) is 17.7 Å². The number of aromatic nitrogens is 1.